The number of hydrogen-bond acceptors (Lipinski definition) is 2. The van der Waals surface area contributed by atoms with Crippen molar-refractivity contribution in [3.63, 3.8) is 0 Å². The minimum atomic E-state index is 0.0193. The maximum atomic E-state index is 12.0. The van der Waals surface area contributed by atoms with E-state index >= 15 is 0 Å². The number of amides is 1. The van der Waals surface area contributed by atoms with Crippen molar-refractivity contribution in [1.82, 2.24) is 14.9 Å². The summed E-state index contributed by atoms with van der Waals surface area (Å²) in [6.07, 6.45) is 5.19. The van der Waals surface area contributed by atoms with Gasteiger partial charge in [-0.05, 0) is 32.1 Å². The molecule has 0 aliphatic carbocycles. The summed E-state index contributed by atoms with van der Waals surface area (Å²) >= 11 is 0. The molecule has 4 nitrogen and oxygen atoms in total. The van der Waals surface area contributed by atoms with E-state index in [-0.39, 0.29) is 5.91 Å². The van der Waals surface area contributed by atoms with E-state index < -0.39 is 0 Å². The van der Waals surface area contributed by atoms with Crippen molar-refractivity contribution < 1.29 is 4.79 Å². The molecule has 22 heavy (non-hydrogen) atoms. The predicted octanol–water partition coefficient (Wildman–Crippen LogP) is 3.60. The van der Waals surface area contributed by atoms with Gasteiger partial charge < -0.3 is 9.88 Å². The van der Waals surface area contributed by atoms with Gasteiger partial charge in [0.25, 0.3) is 0 Å². The van der Waals surface area contributed by atoms with Crippen molar-refractivity contribution >= 4 is 33.8 Å². The average molecular weight is 293 g/mol. The molecule has 0 aliphatic rings. The second-order valence-corrected chi connectivity index (χ2v) is 5.17. The molecule has 0 unspecified atom stereocenters. The number of aromatic amines is 1. The molecule has 0 aliphatic heterocycles. The number of carbonyl (C=O) groups is 1. The minimum absolute atomic E-state index is 0.0193. The van der Waals surface area contributed by atoms with E-state index in [4.69, 9.17) is 0 Å². The van der Waals surface area contributed by atoms with Crippen LogP contribution in [0.3, 0.4) is 0 Å². The van der Waals surface area contributed by atoms with Crippen molar-refractivity contribution in [2.45, 2.75) is 13.8 Å². The molecule has 0 spiro atoms. The van der Waals surface area contributed by atoms with Gasteiger partial charge in [-0.1, -0.05) is 18.2 Å². The predicted molar refractivity (Wildman–Crippen MR) is 90.6 cm³/mol. The van der Waals surface area contributed by atoms with E-state index in [1.165, 1.54) is 5.39 Å². The smallest absolute Gasteiger partial charge is 0.246 e. The topological polar surface area (TPSA) is 49.0 Å². The molecular formula is C18H19N3O. The van der Waals surface area contributed by atoms with Crippen molar-refractivity contribution in [1.29, 1.82) is 0 Å². The lowest BCUT2D eigenvalue weighted by Gasteiger charge is -2.15. The number of benzene rings is 1. The Morgan fingerprint density at radius 1 is 1.18 bits per heavy atom. The van der Waals surface area contributed by atoms with Crippen LogP contribution in [0.4, 0.5) is 0 Å². The largest absolute Gasteiger partial charge is 0.353 e. The van der Waals surface area contributed by atoms with Gasteiger partial charge >= 0.3 is 0 Å². The van der Waals surface area contributed by atoms with E-state index in [1.54, 1.807) is 17.1 Å². The lowest BCUT2D eigenvalue weighted by molar-refractivity contribution is -0.125. The second kappa shape index (κ2) is 6.02. The van der Waals surface area contributed by atoms with Crippen LogP contribution < -0.4 is 0 Å². The fourth-order valence-corrected chi connectivity index (χ4v) is 2.65. The van der Waals surface area contributed by atoms with Crippen molar-refractivity contribution in [3.05, 3.63) is 48.3 Å². The SMILES string of the molecule is CCN(CC)C(=O)/C=C/c1cc2c(cn1)[nH]c1ccccc12. The molecule has 0 radical (unpaired) electrons. The van der Waals surface area contributed by atoms with Gasteiger partial charge in [-0.3, -0.25) is 9.78 Å². The Hall–Kier alpha value is -2.62. The summed E-state index contributed by atoms with van der Waals surface area (Å²) in [4.78, 5) is 21.5. The van der Waals surface area contributed by atoms with Crippen LogP contribution in [0, 0.1) is 0 Å². The summed E-state index contributed by atoms with van der Waals surface area (Å²) in [5.74, 6) is 0.0193. The molecule has 1 N–H and O–H groups in total. The molecule has 3 aromatic rings. The van der Waals surface area contributed by atoms with Gasteiger partial charge in [0.05, 0.1) is 17.4 Å². The van der Waals surface area contributed by atoms with Gasteiger partial charge in [0.15, 0.2) is 0 Å². The molecular weight excluding hydrogens is 274 g/mol. The van der Waals surface area contributed by atoms with Crippen LogP contribution in [-0.4, -0.2) is 33.9 Å². The highest BCUT2D eigenvalue weighted by molar-refractivity contribution is 6.07. The zero-order valence-corrected chi connectivity index (χ0v) is 12.8. The van der Waals surface area contributed by atoms with E-state index in [0.29, 0.717) is 13.1 Å². The normalized spacial score (nSPS) is 11.5. The Balaban J connectivity index is 1.95. The number of nitrogens with zero attached hydrogens (tertiary/aromatic N) is 2. The molecule has 1 aromatic carbocycles. The molecule has 0 saturated heterocycles. The number of aromatic nitrogens is 2. The number of rotatable bonds is 4. The van der Waals surface area contributed by atoms with E-state index in [0.717, 1.165) is 22.1 Å². The number of para-hydroxylation sites is 1. The van der Waals surface area contributed by atoms with Gasteiger partial charge in [-0.2, -0.15) is 0 Å². The van der Waals surface area contributed by atoms with Crippen LogP contribution in [0.1, 0.15) is 19.5 Å². The summed E-state index contributed by atoms with van der Waals surface area (Å²) in [5, 5.41) is 2.30. The van der Waals surface area contributed by atoms with E-state index in [2.05, 4.69) is 22.1 Å². The van der Waals surface area contributed by atoms with Crippen LogP contribution >= 0.6 is 0 Å². The molecule has 0 fully saturated rings. The molecule has 112 valence electrons. The molecule has 1 amide bonds. The molecule has 0 atom stereocenters. The van der Waals surface area contributed by atoms with Crippen molar-refractivity contribution in [3.8, 4) is 0 Å². The number of H-pyrrole nitrogens is 1. The third kappa shape index (κ3) is 2.60. The fraction of sp³-hybridized carbons (Fsp3) is 0.222. The maximum Gasteiger partial charge on any atom is 0.246 e. The van der Waals surface area contributed by atoms with Gasteiger partial charge in [0.2, 0.25) is 5.91 Å². The number of hydrogen-bond donors (Lipinski definition) is 1. The number of fused-ring (bicyclic) bond motifs is 3. The molecule has 3 rings (SSSR count). The molecule has 2 aromatic heterocycles. The second-order valence-electron chi connectivity index (χ2n) is 5.17. The first-order valence-electron chi connectivity index (χ1n) is 7.56. The van der Waals surface area contributed by atoms with Crippen LogP contribution in [0.15, 0.2) is 42.6 Å². The Morgan fingerprint density at radius 2 is 1.95 bits per heavy atom. The molecule has 2 heterocycles. The highest BCUT2D eigenvalue weighted by Crippen LogP contribution is 2.25. The number of pyridine rings is 1. The van der Waals surface area contributed by atoms with E-state index in [1.807, 2.05) is 38.2 Å². The number of nitrogens with one attached hydrogen (secondary N) is 1. The summed E-state index contributed by atoms with van der Waals surface area (Å²) in [6.45, 7) is 5.39. The van der Waals surface area contributed by atoms with Gasteiger partial charge in [-0.15, -0.1) is 0 Å². The average Bonchev–Trinajstić information content (AvgIpc) is 2.92. The highest BCUT2D eigenvalue weighted by atomic mass is 16.2. The summed E-state index contributed by atoms with van der Waals surface area (Å²) in [6, 6.07) is 10.2. The third-order valence-electron chi connectivity index (χ3n) is 3.88. The summed E-state index contributed by atoms with van der Waals surface area (Å²) < 4.78 is 0. The maximum absolute atomic E-state index is 12.0. The van der Waals surface area contributed by atoms with Crippen molar-refractivity contribution in [2.75, 3.05) is 13.1 Å². The van der Waals surface area contributed by atoms with Crippen molar-refractivity contribution in [2.24, 2.45) is 0 Å². The Morgan fingerprint density at radius 3 is 2.73 bits per heavy atom. The first-order chi connectivity index (χ1) is 10.7. The monoisotopic (exact) mass is 293 g/mol. The lowest BCUT2D eigenvalue weighted by Crippen LogP contribution is -2.28. The van der Waals surface area contributed by atoms with Crippen LogP contribution in [-0.2, 0) is 4.79 Å². The quantitative estimate of drug-likeness (QED) is 0.747. The number of likely N-dealkylation sites (N-methyl/N-ethyl adjacent to an activating group) is 1. The van der Waals surface area contributed by atoms with Crippen LogP contribution in [0.5, 0.6) is 0 Å². The Kier molecular flexibility index (Phi) is 3.92. The van der Waals surface area contributed by atoms with Gasteiger partial charge in [-0.25, -0.2) is 0 Å². The van der Waals surface area contributed by atoms with Gasteiger partial charge in [0.1, 0.15) is 0 Å². The zero-order chi connectivity index (χ0) is 15.5. The van der Waals surface area contributed by atoms with Crippen LogP contribution in [0.25, 0.3) is 27.9 Å². The molecule has 0 bridgehead atoms. The lowest BCUT2D eigenvalue weighted by atomic mass is 10.1. The Bertz CT molecular complexity index is 844. The number of carbonyl (C=O) groups excluding carboxylic acids is 1. The molecule has 4 heteroatoms. The molecule has 0 saturated carbocycles. The first-order valence-corrected chi connectivity index (χ1v) is 7.56. The third-order valence-corrected chi connectivity index (χ3v) is 3.88. The van der Waals surface area contributed by atoms with Crippen LogP contribution in [0.2, 0.25) is 0 Å². The fourth-order valence-electron chi connectivity index (χ4n) is 2.65. The standard InChI is InChI=1S/C18H19N3O/c1-3-21(4-2)18(22)10-9-13-11-15-14-7-5-6-8-16(14)20-17(15)12-19-13/h5-12,20H,3-4H2,1-2H3/b10-9+. The van der Waals surface area contributed by atoms with Gasteiger partial charge in [0, 0.05) is 35.5 Å². The summed E-state index contributed by atoms with van der Waals surface area (Å²) in [5.41, 5.74) is 2.89. The minimum Gasteiger partial charge on any atom is -0.353 e. The Labute approximate surface area is 129 Å². The zero-order valence-electron chi connectivity index (χ0n) is 12.8. The highest BCUT2D eigenvalue weighted by Gasteiger charge is 2.06. The first kappa shape index (κ1) is 14.3. The van der Waals surface area contributed by atoms with E-state index in [9.17, 15) is 4.79 Å². The summed E-state index contributed by atoms with van der Waals surface area (Å²) in [7, 11) is 0.